The van der Waals surface area contributed by atoms with Crippen molar-refractivity contribution >= 4 is 11.8 Å². The average Bonchev–Trinajstić information content (AvgIpc) is 2.45. The monoisotopic (exact) mass is 259 g/mol. The van der Waals surface area contributed by atoms with E-state index in [1.165, 1.54) is 7.11 Å². The maximum atomic E-state index is 11.5. The Labute approximate surface area is 112 Å². The molecule has 0 saturated carbocycles. The molecule has 5 heteroatoms. The first kappa shape index (κ1) is 14.7. The number of rotatable bonds is 6. The van der Waals surface area contributed by atoms with Crippen LogP contribution in [-0.4, -0.2) is 24.6 Å². The van der Waals surface area contributed by atoms with Gasteiger partial charge in [0, 0.05) is 18.3 Å². The van der Waals surface area contributed by atoms with E-state index < -0.39 is 0 Å². The highest BCUT2D eigenvalue weighted by Gasteiger charge is 2.07. The molecule has 0 bridgehead atoms. The lowest BCUT2D eigenvalue weighted by Crippen LogP contribution is -2.08. The first-order valence-electron chi connectivity index (χ1n) is 6.08. The summed E-state index contributed by atoms with van der Waals surface area (Å²) in [6, 6.07) is 5.34. The fraction of sp³-hybridized carbons (Fsp3) is 0.357. The zero-order valence-corrected chi connectivity index (χ0v) is 11.1. The number of nitrogens with one attached hydrogen (secondary N) is 1. The molecule has 0 atom stereocenters. The lowest BCUT2D eigenvalue weighted by molar-refractivity contribution is -0.136. The van der Waals surface area contributed by atoms with Crippen molar-refractivity contribution in [2.75, 3.05) is 19.0 Å². The Bertz CT molecular complexity index is 504. The van der Waals surface area contributed by atoms with Crippen LogP contribution in [0.5, 0.6) is 0 Å². The fourth-order valence-corrected chi connectivity index (χ4v) is 1.56. The quantitative estimate of drug-likeness (QED) is 0.626. The Hall–Kier alpha value is -2.35. The molecular weight excluding hydrogens is 242 g/mol. The minimum absolute atomic E-state index is 0.303. The Morgan fingerprint density at radius 3 is 3.05 bits per heavy atom. The van der Waals surface area contributed by atoms with E-state index >= 15 is 0 Å². The summed E-state index contributed by atoms with van der Waals surface area (Å²) in [7, 11) is 1.37. The summed E-state index contributed by atoms with van der Waals surface area (Å²) >= 11 is 0. The Balaban J connectivity index is 2.64. The molecule has 0 saturated heterocycles. The van der Waals surface area contributed by atoms with Crippen LogP contribution in [0, 0.1) is 11.3 Å². The van der Waals surface area contributed by atoms with Crippen molar-refractivity contribution in [1.82, 2.24) is 4.98 Å². The molecule has 1 N–H and O–H groups in total. The lowest BCUT2D eigenvalue weighted by Gasteiger charge is -2.06. The molecule has 100 valence electrons. The molecule has 1 aromatic rings. The Kier molecular flexibility index (Phi) is 6.10. The second kappa shape index (κ2) is 7.88. The van der Waals surface area contributed by atoms with Gasteiger partial charge in [-0.3, -0.25) is 0 Å². The number of pyridine rings is 1. The van der Waals surface area contributed by atoms with Crippen LogP contribution in [-0.2, 0) is 9.53 Å². The number of nitriles is 1. The third-order valence-electron chi connectivity index (χ3n) is 2.49. The Morgan fingerprint density at radius 1 is 1.63 bits per heavy atom. The molecule has 1 heterocycles. The van der Waals surface area contributed by atoms with E-state index in [1.54, 1.807) is 24.4 Å². The number of hydrogen-bond donors (Lipinski definition) is 1. The molecule has 5 nitrogen and oxygen atoms in total. The first-order chi connectivity index (χ1) is 9.21. The topological polar surface area (TPSA) is 75.0 Å². The summed E-state index contributed by atoms with van der Waals surface area (Å²) in [6.07, 6.45) is 4.91. The molecular formula is C14H17N3O2. The van der Waals surface area contributed by atoms with E-state index in [0.29, 0.717) is 29.9 Å². The molecule has 0 aliphatic carbocycles. The molecule has 0 spiro atoms. The summed E-state index contributed by atoms with van der Waals surface area (Å²) in [5, 5.41) is 11.8. The highest BCUT2D eigenvalue weighted by molar-refractivity contribution is 5.88. The highest BCUT2D eigenvalue weighted by atomic mass is 16.5. The number of methoxy groups -OCH3 is 1. The second-order valence-electron chi connectivity index (χ2n) is 3.89. The summed E-state index contributed by atoms with van der Waals surface area (Å²) in [5.74, 6) is 0.304. The van der Waals surface area contributed by atoms with Gasteiger partial charge in [-0.15, -0.1) is 0 Å². The zero-order chi connectivity index (χ0) is 14.1. The molecule has 0 radical (unpaired) electrons. The number of carbonyl (C=O) groups excluding carboxylic acids is 1. The van der Waals surface area contributed by atoms with E-state index in [1.807, 2.05) is 13.0 Å². The summed E-state index contributed by atoms with van der Waals surface area (Å²) < 4.78 is 4.71. The van der Waals surface area contributed by atoms with Gasteiger partial charge < -0.3 is 10.1 Å². The largest absolute Gasteiger partial charge is 0.466 e. The summed E-state index contributed by atoms with van der Waals surface area (Å²) in [6.45, 7) is 2.47. The maximum absolute atomic E-state index is 11.5. The number of ether oxygens (including phenoxy) is 1. The first-order valence-corrected chi connectivity index (χ1v) is 6.08. The second-order valence-corrected chi connectivity index (χ2v) is 3.89. The van der Waals surface area contributed by atoms with Crippen molar-refractivity contribution in [2.24, 2.45) is 0 Å². The van der Waals surface area contributed by atoms with Crippen LogP contribution in [0.1, 0.15) is 25.3 Å². The molecule has 1 rings (SSSR count). The van der Waals surface area contributed by atoms with Gasteiger partial charge in [0.2, 0.25) is 0 Å². The van der Waals surface area contributed by atoms with Crippen LogP contribution in [0.2, 0.25) is 0 Å². The van der Waals surface area contributed by atoms with Gasteiger partial charge in [-0.25, -0.2) is 9.78 Å². The average molecular weight is 259 g/mol. The number of hydrogen-bond acceptors (Lipinski definition) is 5. The number of anilines is 1. The summed E-state index contributed by atoms with van der Waals surface area (Å²) in [5.41, 5.74) is 1.19. The van der Waals surface area contributed by atoms with Crippen LogP contribution >= 0.6 is 0 Å². The lowest BCUT2D eigenvalue weighted by atomic mass is 10.1. The minimum Gasteiger partial charge on any atom is -0.466 e. The molecule has 0 unspecified atom stereocenters. The third-order valence-corrected chi connectivity index (χ3v) is 2.49. The summed E-state index contributed by atoms with van der Waals surface area (Å²) in [4.78, 5) is 15.6. The highest BCUT2D eigenvalue weighted by Crippen LogP contribution is 2.08. The van der Waals surface area contributed by atoms with Gasteiger partial charge in [0.25, 0.3) is 0 Å². The number of carbonyl (C=O) groups is 1. The van der Waals surface area contributed by atoms with Crippen molar-refractivity contribution < 1.29 is 9.53 Å². The van der Waals surface area contributed by atoms with Crippen LogP contribution < -0.4 is 5.32 Å². The van der Waals surface area contributed by atoms with Crippen LogP contribution in [0.15, 0.2) is 30.0 Å². The number of nitrogens with zero attached hydrogens (tertiary/aromatic N) is 2. The number of esters is 1. The van der Waals surface area contributed by atoms with E-state index in [9.17, 15) is 4.79 Å². The fourth-order valence-electron chi connectivity index (χ4n) is 1.56. The molecule has 19 heavy (non-hydrogen) atoms. The van der Waals surface area contributed by atoms with Crippen LogP contribution in [0.3, 0.4) is 0 Å². The van der Waals surface area contributed by atoms with Gasteiger partial charge in [-0.2, -0.15) is 5.26 Å². The third kappa shape index (κ3) is 4.80. The minimum atomic E-state index is -0.303. The van der Waals surface area contributed by atoms with E-state index in [-0.39, 0.29) is 5.97 Å². The molecule has 0 aromatic carbocycles. The smallest absolute Gasteiger partial charge is 0.333 e. The van der Waals surface area contributed by atoms with Crippen LogP contribution in [0.25, 0.3) is 0 Å². The SMILES string of the molecule is CCC/C(=C\CNc1cc(C#N)ccn1)C(=O)OC. The van der Waals surface area contributed by atoms with Crippen molar-refractivity contribution in [1.29, 1.82) is 5.26 Å². The molecule has 0 amide bonds. The van der Waals surface area contributed by atoms with Crippen molar-refractivity contribution in [2.45, 2.75) is 19.8 Å². The number of aromatic nitrogens is 1. The van der Waals surface area contributed by atoms with Crippen molar-refractivity contribution in [3.05, 3.63) is 35.5 Å². The van der Waals surface area contributed by atoms with Crippen molar-refractivity contribution in [3.63, 3.8) is 0 Å². The van der Waals surface area contributed by atoms with Gasteiger partial charge in [-0.1, -0.05) is 19.4 Å². The predicted octanol–water partition coefficient (Wildman–Crippen LogP) is 2.26. The van der Waals surface area contributed by atoms with Gasteiger partial charge >= 0.3 is 5.97 Å². The maximum Gasteiger partial charge on any atom is 0.333 e. The zero-order valence-electron chi connectivity index (χ0n) is 11.1. The van der Waals surface area contributed by atoms with Crippen molar-refractivity contribution in [3.8, 4) is 6.07 Å². The molecule has 0 fully saturated rings. The van der Waals surface area contributed by atoms with Crippen LogP contribution in [0.4, 0.5) is 5.82 Å². The van der Waals surface area contributed by atoms with Gasteiger partial charge in [0.05, 0.1) is 18.7 Å². The standard InChI is InChI=1S/C14H17N3O2/c1-3-4-12(14(18)19-2)6-8-17-13-9-11(10-15)5-7-16-13/h5-7,9H,3-4,8H2,1-2H3,(H,16,17)/b12-6+. The Morgan fingerprint density at radius 2 is 2.42 bits per heavy atom. The molecule has 0 aliphatic heterocycles. The van der Waals surface area contributed by atoms with E-state index in [4.69, 9.17) is 10.00 Å². The van der Waals surface area contributed by atoms with Gasteiger partial charge in [-0.05, 0) is 18.6 Å². The predicted molar refractivity (Wildman–Crippen MR) is 72.4 cm³/mol. The van der Waals surface area contributed by atoms with E-state index in [2.05, 4.69) is 10.3 Å². The van der Waals surface area contributed by atoms with Gasteiger partial charge in [0.15, 0.2) is 0 Å². The van der Waals surface area contributed by atoms with Gasteiger partial charge in [0.1, 0.15) is 5.82 Å². The molecule has 0 aliphatic rings. The molecule has 1 aromatic heterocycles. The normalized spacial score (nSPS) is 10.7. The van der Waals surface area contributed by atoms with E-state index in [0.717, 1.165) is 6.42 Å².